The molecule has 3 aromatic rings. The van der Waals surface area contributed by atoms with E-state index in [0.29, 0.717) is 44.5 Å². The average molecular weight is 483 g/mol. The molecular formula is C24H26N4O3S2. The van der Waals surface area contributed by atoms with Gasteiger partial charge in [-0.15, -0.1) is 11.3 Å². The second kappa shape index (κ2) is 9.32. The molecule has 2 aliphatic rings. The first-order chi connectivity index (χ1) is 16.0. The molecule has 1 unspecified atom stereocenters. The van der Waals surface area contributed by atoms with Crippen LogP contribution in [0.2, 0.25) is 0 Å². The Balaban J connectivity index is 1.15. The third-order valence-electron chi connectivity index (χ3n) is 6.50. The van der Waals surface area contributed by atoms with Gasteiger partial charge in [0.25, 0.3) is 5.91 Å². The smallest absolute Gasteiger partial charge is 0.253 e. The Kier molecular flexibility index (Phi) is 6.27. The molecule has 1 aromatic heterocycles. The number of rotatable bonds is 6. The Morgan fingerprint density at radius 2 is 2.03 bits per heavy atom. The highest BCUT2D eigenvalue weighted by molar-refractivity contribution is 8.00. The zero-order valence-electron chi connectivity index (χ0n) is 18.1. The van der Waals surface area contributed by atoms with E-state index in [-0.39, 0.29) is 17.7 Å². The van der Waals surface area contributed by atoms with Gasteiger partial charge in [0, 0.05) is 36.8 Å². The molecule has 2 aliphatic heterocycles. The first kappa shape index (κ1) is 22.2. The van der Waals surface area contributed by atoms with Gasteiger partial charge in [-0.1, -0.05) is 6.07 Å². The number of nitrogens with one attached hydrogen (secondary N) is 2. The number of thiazole rings is 1. The Morgan fingerprint density at radius 1 is 1.24 bits per heavy atom. The number of hydrogen-bond donors (Lipinski definition) is 3. The van der Waals surface area contributed by atoms with Crippen LogP contribution in [0.1, 0.15) is 36.0 Å². The van der Waals surface area contributed by atoms with Crippen molar-refractivity contribution in [2.24, 2.45) is 5.92 Å². The van der Waals surface area contributed by atoms with Crippen LogP contribution in [0, 0.1) is 5.92 Å². The second-order valence-electron chi connectivity index (χ2n) is 8.73. The fraction of sp³-hybridized carbons (Fsp3) is 0.375. The molecule has 0 bridgehead atoms. The molecule has 33 heavy (non-hydrogen) atoms. The summed E-state index contributed by atoms with van der Waals surface area (Å²) < 4.78 is 4.48. The standard InChI is InChI=1S/C24H26N4O3S2/c29-22-17(8-11-25-22)14-24(31)9-12-28(13-10-24)23(30)16-4-6-18(7-5-16)27-33-20-3-1-2-19-21(20)26-15-32-19/h1-7,15,17,27,31H,8-14H2,(H,25,29). The van der Waals surface area contributed by atoms with Gasteiger partial charge in [0.15, 0.2) is 0 Å². The lowest BCUT2D eigenvalue weighted by Crippen LogP contribution is -2.47. The molecule has 1 atom stereocenters. The number of hydrogen-bond acceptors (Lipinski definition) is 7. The van der Waals surface area contributed by atoms with Crippen molar-refractivity contribution in [2.45, 2.75) is 36.2 Å². The van der Waals surface area contributed by atoms with Gasteiger partial charge in [0.05, 0.1) is 26.2 Å². The van der Waals surface area contributed by atoms with E-state index < -0.39 is 5.60 Å². The van der Waals surface area contributed by atoms with Crippen molar-refractivity contribution >= 4 is 51.0 Å². The normalized spacial score (nSPS) is 20.1. The lowest BCUT2D eigenvalue weighted by molar-refractivity contribution is -0.125. The molecule has 2 amide bonds. The quantitative estimate of drug-likeness (QED) is 0.461. The summed E-state index contributed by atoms with van der Waals surface area (Å²) in [6, 6.07) is 13.6. The van der Waals surface area contributed by atoms with Gasteiger partial charge in [-0.3, -0.25) is 9.59 Å². The minimum atomic E-state index is -0.867. The van der Waals surface area contributed by atoms with E-state index >= 15 is 0 Å². The minimum Gasteiger partial charge on any atom is -0.390 e. The Bertz CT molecular complexity index is 1160. The molecule has 0 spiro atoms. The van der Waals surface area contributed by atoms with Crippen molar-refractivity contribution in [1.82, 2.24) is 15.2 Å². The fourth-order valence-electron chi connectivity index (χ4n) is 4.55. The minimum absolute atomic E-state index is 0.0258. The van der Waals surface area contributed by atoms with Crippen molar-refractivity contribution in [3.05, 3.63) is 53.5 Å². The van der Waals surface area contributed by atoms with Gasteiger partial charge < -0.3 is 20.0 Å². The highest BCUT2D eigenvalue weighted by Gasteiger charge is 2.39. The maximum absolute atomic E-state index is 13.0. The predicted molar refractivity (Wildman–Crippen MR) is 131 cm³/mol. The summed E-state index contributed by atoms with van der Waals surface area (Å²) in [6.45, 7) is 1.68. The van der Waals surface area contributed by atoms with Gasteiger partial charge in [-0.25, -0.2) is 4.98 Å². The van der Waals surface area contributed by atoms with Crippen molar-refractivity contribution in [3.8, 4) is 0 Å². The zero-order valence-corrected chi connectivity index (χ0v) is 19.8. The summed E-state index contributed by atoms with van der Waals surface area (Å²) in [6.07, 6.45) is 2.26. The third-order valence-corrected chi connectivity index (χ3v) is 8.19. The summed E-state index contributed by atoms with van der Waals surface area (Å²) in [7, 11) is 0. The van der Waals surface area contributed by atoms with E-state index in [2.05, 4.69) is 21.1 Å². The molecule has 9 heteroatoms. The summed E-state index contributed by atoms with van der Waals surface area (Å²) in [5.74, 6) is -0.100. The van der Waals surface area contributed by atoms with E-state index in [1.807, 2.05) is 41.9 Å². The lowest BCUT2D eigenvalue weighted by Gasteiger charge is -2.39. The van der Waals surface area contributed by atoms with E-state index in [1.165, 1.54) is 11.9 Å². The number of nitrogens with zero attached hydrogens (tertiary/aromatic N) is 2. The maximum atomic E-state index is 13.0. The number of aliphatic hydroxyl groups is 1. The first-order valence-electron chi connectivity index (χ1n) is 11.2. The summed E-state index contributed by atoms with van der Waals surface area (Å²) >= 11 is 3.13. The third kappa shape index (κ3) is 4.85. The largest absolute Gasteiger partial charge is 0.390 e. The zero-order chi connectivity index (χ0) is 22.8. The summed E-state index contributed by atoms with van der Waals surface area (Å²) in [4.78, 5) is 32.1. The van der Waals surface area contributed by atoms with Crippen LogP contribution in [0.4, 0.5) is 5.69 Å². The lowest BCUT2D eigenvalue weighted by atomic mass is 9.82. The second-order valence-corrected chi connectivity index (χ2v) is 10.5. The molecule has 7 nitrogen and oxygen atoms in total. The number of fused-ring (bicyclic) bond motifs is 1. The Hall–Kier alpha value is -2.62. The fourth-order valence-corrected chi connectivity index (χ4v) is 6.09. The topological polar surface area (TPSA) is 94.6 Å². The van der Waals surface area contributed by atoms with Crippen LogP contribution in [0.25, 0.3) is 10.2 Å². The van der Waals surface area contributed by atoms with E-state index in [1.54, 1.807) is 16.2 Å². The van der Waals surface area contributed by atoms with Crippen LogP contribution in [0.15, 0.2) is 52.9 Å². The van der Waals surface area contributed by atoms with Crippen LogP contribution in [0.3, 0.4) is 0 Å². The van der Waals surface area contributed by atoms with Gasteiger partial charge in [-0.05, 0) is 74.0 Å². The van der Waals surface area contributed by atoms with Gasteiger partial charge >= 0.3 is 0 Å². The van der Waals surface area contributed by atoms with Crippen LogP contribution in [-0.2, 0) is 4.79 Å². The van der Waals surface area contributed by atoms with Crippen LogP contribution < -0.4 is 10.0 Å². The van der Waals surface area contributed by atoms with Crippen LogP contribution in [0.5, 0.6) is 0 Å². The molecule has 3 N–H and O–H groups in total. The van der Waals surface area contributed by atoms with Crippen molar-refractivity contribution in [1.29, 1.82) is 0 Å². The van der Waals surface area contributed by atoms with E-state index in [4.69, 9.17) is 0 Å². The molecule has 2 aromatic carbocycles. The highest BCUT2D eigenvalue weighted by Crippen LogP contribution is 2.33. The van der Waals surface area contributed by atoms with Gasteiger partial charge in [0.2, 0.25) is 5.91 Å². The number of carbonyl (C=O) groups excluding carboxylic acids is 2. The van der Waals surface area contributed by atoms with Crippen molar-refractivity contribution in [3.63, 3.8) is 0 Å². The summed E-state index contributed by atoms with van der Waals surface area (Å²) in [5, 5.41) is 13.8. The number of likely N-dealkylation sites (tertiary alicyclic amines) is 1. The van der Waals surface area contributed by atoms with Gasteiger partial charge in [-0.2, -0.15) is 0 Å². The molecule has 0 radical (unpaired) electrons. The number of anilines is 1. The van der Waals surface area contributed by atoms with E-state index in [9.17, 15) is 14.7 Å². The number of benzene rings is 2. The van der Waals surface area contributed by atoms with E-state index in [0.717, 1.165) is 27.2 Å². The first-order valence-corrected chi connectivity index (χ1v) is 12.8. The van der Waals surface area contributed by atoms with Crippen LogP contribution >= 0.6 is 23.3 Å². The monoisotopic (exact) mass is 482 g/mol. The molecule has 2 fully saturated rings. The Labute approximate surface area is 200 Å². The SMILES string of the molecule is O=C1NCCC1CC1(O)CCN(C(=O)c2ccc(NSc3cccc4scnc34)cc2)CC1. The number of carbonyl (C=O) groups is 2. The number of aromatic nitrogens is 1. The Morgan fingerprint density at radius 3 is 2.76 bits per heavy atom. The van der Waals surface area contributed by atoms with Crippen molar-refractivity contribution in [2.75, 3.05) is 24.4 Å². The van der Waals surface area contributed by atoms with Crippen LogP contribution in [-0.4, -0.2) is 52.0 Å². The van der Waals surface area contributed by atoms with Gasteiger partial charge in [0.1, 0.15) is 0 Å². The average Bonchev–Trinajstić information content (AvgIpc) is 3.47. The number of piperidine rings is 1. The number of para-hydroxylation sites is 1. The molecule has 0 saturated carbocycles. The molecular weight excluding hydrogens is 456 g/mol. The highest BCUT2D eigenvalue weighted by atomic mass is 32.2. The molecule has 172 valence electrons. The number of amides is 2. The molecule has 0 aliphatic carbocycles. The maximum Gasteiger partial charge on any atom is 0.253 e. The summed E-state index contributed by atoms with van der Waals surface area (Å²) in [5.41, 5.74) is 3.51. The molecule has 2 saturated heterocycles. The van der Waals surface area contributed by atoms with Crippen molar-refractivity contribution < 1.29 is 14.7 Å². The molecule has 3 heterocycles. The predicted octanol–water partition coefficient (Wildman–Crippen LogP) is 3.91. The molecule has 5 rings (SSSR count).